The van der Waals surface area contributed by atoms with Crippen LogP contribution in [0.2, 0.25) is 0 Å². The third-order valence-corrected chi connectivity index (χ3v) is 3.75. The van der Waals surface area contributed by atoms with Crippen LogP contribution >= 0.6 is 0 Å². The lowest BCUT2D eigenvalue weighted by Gasteiger charge is -2.25. The van der Waals surface area contributed by atoms with Crippen LogP contribution in [0.5, 0.6) is 5.75 Å². The summed E-state index contributed by atoms with van der Waals surface area (Å²) < 4.78 is 0. The summed E-state index contributed by atoms with van der Waals surface area (Å²) in [5.41, 5.74) is 2.52. The average Bonchev–Trinajstić information content (AvgIpc) is 2.47. The number of aromatic hydroxyl groups is 1. The molecule has 21 heavy (non-hydrogen) atoms. The smallest absolute Gasteiger partial charge is 0.115 e. The third-order valence-electron chi connectivity index (χ3n) is 3.75. The molecule has 0 aliphatic rings. The maximum absolute atomic E-state index is 9.40. The molecular formula is C19H25NO. The van der Waals surface area contributed by atoms with Crippen LogP contribution in [0.25, 0.3) is 0 Å². The molecule has 112 valence electrons. The van der Waals surface area contributed by atoms with Gasteiger partial charge < -0.3 is 10.4 Å². The van der Waals surface area contributed by atoms with Gasteiger partial charge in [0.1, 0.15) is 5.75 Å². The first-order valence-electron chi connectivity index (χ1n) is 7.66. The van der Waals surface area contributed by atoms with Crippen LogP contribution in [0.1, 0.15) is 50.4 Å². The first kappa shape index (κ1) is 15.6. The lowest BCUT2D eigenvalue weighted by atomic mass is 9.95. The molecule has 2 atom stereocenters. The zero-order valence-corrected chi connectivity index (χ0v) is 13.1. The van der Waals surface area contributed by atoms with Gasteiger partial charge in [0.2, 0.25) is 0 Å². The van der Waals surface area contributed by atoms with Gasteiger partial charge in [-0.2, -0.15) is 0 Å². The number of phenols is 1. The highest BCUT2D eigenvalue weighted by Gasteiger charge is 2.16. The Morgan fingerprint density at radius 3 is 2.05 bits per heavy atom. The predicted octanol–water partition coefficient (Wildman–Crippen LogP) is 4.83. The molecule has 2 aromatic rings. The summed E-state index contributed by atoms with van der Waals surface area (Å²) >= 11 is 0. The van der Waals surface area contributed by atoms with Gasteiger partial charge in [-0.15, -0.1) is 0 Å². The molecule has 0 aliphatic carbocycles. The lowest BCUT2D eigenvalue weighted by molar-refractivity contribution is 0.394. The van der Waals surface area contributed by atoms with Crippen molar-refractivity contribution in [3.63, 3.8) is 0 Å². The fourth-order valence-electron chi connectivity index (χ4n) is 2.62. The standard InChI is InChI=1S/C19H25NO/c1-14(2)13-19(17-7-5-4-6-8-17)20-15(3)16-9-11-18(21)12-10-16/h4-12,14-15,19-21H,13H2,1-3H3. The number of benzene rings is 2. The number of nitrogens with one attached hydrogen (secondary N) is 1. The second-order valence-corrected chi connectivity index (χ2v) is 6.07. The molecule has 0 fully saturated rings. The summed E-state index contributed by atoms with van der Waals surface area (Å²) in [6.07, 6.45) is 1.10. The van der Waals surface area contributed by atoms with Gasteiger partial charge in [0.15, 0.2) is 0 Å². The second kappa shape index (κ2) is 7.28. The quantitative estimate of drug-likeness (QED) is 0.795. The second-order valence-electron chi connectivity index (χ2n) is 6.07. The van der Waals surface area contributed by atoms with Crippen molar-refractivity contribution in [3.05, 3.63) is 65.7 Å². The Morgan fingerprint density at radius 1 is 0.857 bits per heavy atom. The molecule has 0 bridgehead atoms. The lowest BCUT2D eigenvalue weighted by Crippen LogP contribution is -2.25. The Kier molecular flexibility index (Phi) is 5.40. The molecule has 0 saturated heterocycles. The summed E-state index contributed by atoms with van der Waals surface area (Å²) in [5, 5.41) is 13.1. The highest BCUT2D eigenvalue weighted by Crippen LogP contribution is 2.25. The highest BCUT2D eigenvalue weighted by atomic mass is 16.3. The molecule has 0 radical (unpaired) electrons. The first-order valence-corrected chi connectivity index (χ1v) is 7.66. The van der Waals surface area contributed by atoms with E-state index in [4.69, 9.17) is 0 Å². The van der Waals surface area contributed by atoms with Crippen LogP contribution in [0.4, 0.5) is 0 Å². The predicted molar refractivity (Wildman–Crippen MR) is 88.3 cm³/mol. The van der Waals surface area contributed by atoms with Crippen molar-refractivity contribution in [1.82, 2.24) is 5.32 Å². The summed E-state index contributed by atoms with van der Waals surface area (Å²) in [5.74, 6) is 0.947. The van der Waals surface area contributed by atoms with Crippen molar-refractivity contribution < 1.29 is 5.11 Å². The molecule has 0 aliphatic heterocycles. The molecular weight excluding hydrogens is 258 g/mol. The number of hydrogen-bond acceptors (Lipinski definition) is 2. The third kappa shape index (κ3) is 4.61. The van der Waals surface area contributed by atoms with Gasteiger partial charge in [-0.1, -0.05) is 56.3 Å². The van der Waals surface area contributed by atoms with Crippen molar-refractivity contribution in [2.45, 2.75) is 39.3 Å². The maximum Gasteiger partial charge on any atom is 0.115 e. The Hall–Kier alpha value is -1.80. The van der Waals surface area contributed by atoms with Crippen LogP contribution in [0, 0.1) is 5.92 Å². The minimum Gasteiger partial charge on any atom is -0.508 e. The van der Waals surface area contributed by atoms with Gasteiger partial charge in [0.05, 0.1) is 0 Å². The van der Waals surface area contributed by atoms with Crippen LogP contribution < -0.4 is 5.32 Å². The minimum absolute atomic E-state index is 0.245. The molecule has 2 N–H and O–H groups in total. The van der Waals surface area contributed by atoms with Crippen LogP contribution in [-0.4, -0.2) is 5.11 Å². The van der Waals surface area contributed by atoms with Crippen molar-refractivity contribution in [1.29, 1.82) is 0 Å². The summed E-state index contributed by atoms with van der Waals surface area (Å²) in [6.45, 7) is 6.67. The monoisotopic (exact) mass is 283 g/mol. The van der Waals surface area contributed by atoms with E-state index >= 15 is 0 Å². The van der Waals surface area contributed by atoms with Crippen LogP contribution in [-0.2, 0) is 0 Å². The fourth-order valence-corrected chi connectivity index (χ4v) is 2.62. The molecule has 0 saturated carbocycles. The van der Waals surface area contributed by atoms with Crippen molar-refractivity contribution in [2.75, 3.05) is 0 Å². The SMILES string of the molecule is CC(C)CC(NC(C)c1ccc(O)cc1)c1ccccc1. The Morgan fingerprint density at radius 2 is 1.48 bits per heavy atom. The van der Waals surface area contributed by atoms with E-state index in [1.165, 1.54) is 11.1 Å². The van der Waals surface area contributed by atoms with E-state index in [0.717, 1.165) is 6.42 Å². The number of phenolic OH excluding ortho intramolecular Hbond substituents is 1. The molecule has 2 nitrogen and oxygen atoms in total. The van der Waals surface area contributed by atoms with E-state index in [1.54, 1.807) is 12.1 Å². The van der Waals surface area contributed by atoms with Gasteiger partial charge in [0.25, 0.3) is 0 Å². The summed E-state index contributed by atoms with van der Waals surface area (Å²) in [4.78, 5) is 0. The van der Waals surface area contributed by atoms with Crippen LogP contribution in [0.3, 0.4) is 0 Å². The van der Waals surface area contributed by atoms with Crippen molar-refractivity contribution in [2.24, 2.45) is 5.92 Å². The Labute approximate surface area is 127 Å². The minimum atomic E-state index is 0.245. The molecule has 2 unspecified atom stereocenters. The van der Waals surface area contributed by atoms with E-state index in [0.29, 0.717) is 17.7 Å². The Bertz CT molecular complexity index is 533. The van der Waals surface area contributed by atoms with Gasteiger partial charge in [-0.05, 0) is 42.5 Å². The van der Waals surface area contributed by atoms with E-state index in [2.05, 4.69) is 56.4 Å². The molecule has 0 amide bonds. The molecule has 0 aromatic heterocycles. The number of rotatable bonds is 6. The van der Waals surface area contributed by atoms with E-state index in [-0.39, 0.29) is 6.04 Å². The molecule has 2 rings (SSSR count). The highest BCUT2D eigenvalue weighted by molar-refractivity contribution is 5.28. The molecule has 2 heteroatoms. The first-order chi connectivity index (χ1) is 10.1. The molecule has 0 spiro atoms. The molecule has 2 aromatic carbocycles. The topological polar surface area (TPSA) is 32.3 Å². The van der Waals surface area contributed by atoms with Gasteiger partial charge in [-0.3, -0.25) is 0 Å². The van der Waals surface area contributed by atoms with E-state index in [1.807, 2.05) is 12.1 Å². The Balaban J connectivity index is 2.13. The summed E-state index contributed by atoms with van der Waals surface area (Å²) in [6, 6.07) is 18.6. The van der Waals surface area contributed by atoms with Crippen molar-refractivity contribution >= 4 is 0 Å². The zero-order chi connectivity index (χ0) is 15.2. The molecule has 0 heterocycles. The average molecular weight is 283 g/mol. The van der Waals surface area contributed by atoms with Crippen molar-refractivity contribution in [3.8, 4) is 5.75 Å². The number of hydrogen-bond donors (Lipinski definition) is 2. The zero-order valence-electron chi connectivity index (χ0n) is 13.1. The van der Waals surface area contributed by atoms with E-state index < -0.39 is 0 Å². The largest absolute Gasteiger partial charge is 0.508 e. The van der Waals surface area contributed by atoms with E-state index in [9.17, 15) is 5.11 Å². The normalized spacial score (nSPS) is 14.1. The summed E-state index contributed by atoms with van der Waals surface area (Å²) in [7, 11) is 0. The van der Waals surface area contributed by atoms with Crippen LogP contribution in [0.15, 0.2) is 54.6 Å². The van der Waals surface area contributed by atoms with Gasteiger partial charge in [0, 0.05) is 12.1 Å². The fraction of sp³-hybridized carbons (Fsp3) is 0.368. The van der Waals surface area contributed by atoms with Gasteiger partial charge in [-0.25, -0.2) is 0 Å². The van der Waals surface area contributed by atoms with Gasteiger partial charge >= 0.3 is 0 Å². The maximum atomic E-state index is 9.40.